The number of carbonyl (C=O) groups excluding carboxylic acids is 1. The second-order valence-electron chi connectivity index (χ2n) is 6.46. The fraction of sp³-hybridized carbons (Fsp3) is 0.529. The van der Waals surface area contributed by atoms with Gasteiger partial charge in [-0.25, -0.2) is 0 Å². The van der Waals surface area contributed by atoms with Crippen molar-refractivity contribution in [3.63, 3.8) is 0 Å². The number of hydrogen-bond acceptors (Lipinski definition) is 3. The molecule has 138 valence electrons. The van der Waals surface area contributed by atoms with Crippen molar-refractivity contribution in [1.29, 1.82) is 0 Å². The van der Waals surface area contributed by atoms with Crippen LogP contribution in [-0.2, 0) is 9.59 Å². The number of benzene rings is 1. The van der Waals surface area contributed by atoms with Gasteiger partial charge in [-0.15, -0.1) is 11.8 Å². The molecule has 1 amide bonds. The highest BCUT2D eigenvalue weighted by Crippen LogP contribution is 2.45. The second kappa shape index (κ2) is 7.27. The molecule has 0 aliphatic carbocycles. The smallest absolute Gasteiger partial charge is 0.406 e. The van der Waals surface area contributed by atoms with Gasteiger partial charge in [-0.3, -0.25) is 9.59 Å². The molecule has 2 rings (SSSR count). The average Bonchev–Trinajstić information content (AvgIpc) is 2.99. The molecule has 1 N–H and O–H groups in total. The van der Waals surface area contributed by atoms with E-state index in [2.05, 4.69) is 13.8 Å². The highest BCUT2D eigenvalue weighted by molar-refractivity contribution is 8.00. The van der Waals surface area contributed by atoms with Crippen molar-refractivity contribution in [2.75, 3.05) is 18.8 Å². The predicted octanol–water partition coefficient (Wildman–Crippen LogP) is 3.77. The van der Waals surface area contributed by atoms with E-state index < -0.39 is 36.4 Å². The molecule has 1 aromatic rings. The van der Waals surface area contributed by atoms with Gasteiger partial charge in [0.2, 0.25) is 5.91 Å². The first kappa shape index (κ1) is 19.6. The molecule has 0 bridgehead atoms. The summed E-state index contributed by atoms with van der Waals surface area (Å²) in [7, 11) is 0. The maximum absolute atomic E-state index is 13.1. The van der Waals surface area contributed by atoms with Crippen LogP contribution in [0.1, 0.15) is 31.7 Å². The van der Waals surface area contributed by atoms with E-state index in [0.29, 0.717) is 5.92 Å². The lowest BCUT2D eigenvalue weighted by molar-refractivity contribution is -0.227. The molecular weight excluding hydrogens is 355 g/mol. The van der Waals surface area contributed by atoms with Crippen molar-refractivity contribution in [2.24, 2.45) is 5.41 Å². The van der Waals surface area contributed by atoms with E-state index in [0.717, 1.165) is 15.4 Å². The summed E-state index contributed by atoms with van der Waals surface area (Å²) in [5.41, 5.74) is -1.70. The van der Waals surface area contributed by atoms with Gasteiger partial charge >= 0.3 is 12.1 Å². The summed E-state index contributed by atoms with van der Waals surface area (Å²) in [6, 6.07) is 7.64. The number of halogens is 3. The van der Waals surface area contributed by atoms with E-state index in [9.17, 15) is 22.8 Å². The van der Waals surface area contributed by atoms with Crippen molar-refractivity contribution in [2.45, 2.75) is 37.3 Å². The number of carboxylic acids is 1. The predicted molar refractivity (Wildman–Crippen MR) is 88.6 cm³/mol. The number of hydrogen-bond donors (Lipinski definition) is 1. The largest absolute Gasteiger partial charge is 0.481 e. The van der Waals surface area contributed by atoms with Crippen LogP contribution in [0.5, 0.6) is 0 Å². The number of nitrogens with zero attached hydrogens (tertiary/aromatic N) is 1. The van der Waals surface area contributed by atoms with E-state index >= 15 is 0 Å². The van der Waals surface area contributed by atoms with Crippen LogP contribution in [0, 0.1) is 5.41 Å². The molecule has 8 heteroatoms. The molecule has 0 spiro atoms. The number of amides is 1. The van der Waals surface area contributed by atoms with Crippen LogP contribution in [0.25, 0.3) is 0 Å². The van der Waals surface area contributed by atoms with Gasteiger partial charge in [0.15, 0.2) is 5.41 Å². The van der Waals surface area contributed by atoms with Gasteiger partial charge in [-0.1, -0.05) is 26.0 Å². The molecule has 0 radical (unpaired) electrons. The third-order valence-electron chi connectivity index (χ3n) is 4.48. The first-order valence-electron chi connectivity index (χ1n) is 7.87. The first-order valence-corrected chi connectivity index (χ1v) is 8.86. The van der Waals surface area contributed by atoms with Crippen molar-refractivity contribution in [3.8, 4) is 0 Å². The highest BCUT2D eigenvalue weighted by atomic mass is 32.2. The molecule has 1 fully saturated rings. The second-order valence-corrected chi connectivity index (χ2v) is 7.51. The molecule has 1 atom stereocenters. The minimum atomic E-state index is -4.88. The van der Waals surface area contributed by atoms with Crippen molar-refractivity contribution in [3.05, 3.63) is 29.8 Å². The Morgan fingerprint density at radius 2 is 1.88 bits per heavy atom. The van der Waals surface area contributed by atoms with Gasteiger partial charge in [0.05, 0.1) is 5.75 Å². The zero-order valence-corrected chi connectivity index (χ0v) is 14.8. The molecule has 0 aromatic heterocycles. The van der Waals surface area contributed by atoms with Gasteiger partial charge < -0.3 is 10.0 Å². The van der Waals surface area contributed by atoms with Gasteiger partial charge in [0.25, 0.3) is 0 Å². The highest BCUT2D eigenvalue weighted by Gasteiger charge is 2.64. The fourth-order valence-electron chi connectivity index (χ4n) is 2.74. The van der Waals surface area contributed by atoms with E-state index in [-0.39, 0.29) is 12.3 Å². The third-order valence-corrected chi connectivity index (χ3v) is 5.48. The lowest BCUT2D eigenvalue weighted by Gasteiger charge is -2.27. The summed E-state index contributed by atoms with van der Waals surface area (Å²) in [6.45, 7) is 3.11. The number of likely N-dealkylation sites (tertiary alicyclic amines) is 1. The molecule has 4 nitrogen and oxygen atoms in total. The van der Waals surface area contributed by atoms with E-state index in [4.69, 9.17) is 5.11 Å². The number of aliphatic carboxylic acids is 1. The normalized spacial score (nSPS) is 21.0. The Labute approximate surface area is 148 Å². The Morgan fingerprint density at radius 1 is 1.28 bits per heavy atom. The van der Waals surface area contributed by atoms with E-state index in [1.807, 2.05) is 24.3 Å². The summed E-state index contributed by atoms with van der Waals surface area (Å²) in [5, 5.41) is 9.01. The fourth-order valence-corrected chi connectivity index (χ4v) is 3.54. The van der Waals surface area contributed by atoms with Gasteiger partial charge in [0, 0.05) is 18.0 Å². The Kier molecular flexibility index (Phi) is 5.71. The standard InChI is InChI=1S/C17H20F3NO3S/c1-11(2)12-3-5-13(6-4-12)25-9-14(22)21-8-7-16(10-21,15(23)24)17(18,19)20/h3-6,11H,7-10H2,1-2H3,(H,23,24). The topological polar surface area (TPSA) is 57.6 Å². The van der Waals surface area contributed by atoms with Crippen LogP contribution in [0.4, 0.5) is 13.2 Å². The summed E-state index contributed by atoms with van der Waals surface area (Å²) in [5.74, 6) is -2.04. The molecule has 1 aromatic carbocycles. The summed E-state index contributed by atoms with van der Waals surface area (Å²) < 4.78 is 39.4. The minimum Gasteiger partial charge on any atom is -0.481 e. The third kappa shape index (κ3) is 4.11. The molecule has 25 heavy (non-hydrogen) atoms. The number of carboxylic acid groups (broad SMARTS) is 1. The number of alkyl halides is 3. The van der Waals surface area contributed by atoms with Crippen LogP contribution in [0.15, 0.2) is 29.2 Å². The van der Waals surface area contributed by atoms with Crippen LogP contribution in [0.2, 0.25) is 0 Å². The number of carbonyl (C=O) groups is 2. The lowest BCUT2D eigenvalue weighted by Crippen LogP contribution is -2.47. The summed E-state index contributed by atoms with van der Waals surface area (Å²) >= 11 is 1.23. The summed E-state index contributed by atoms with van der Waals surface area (Å²) in [6.07, 6.45) is -5.49. The first-order chi connectivity index (χ1) is 11.6. The minimum absolute atomic E-state index is 0.0193. The molecule has 1 unspecified atom stereocenters. The Bertz CT molecular complexity index is 646. The maximum Gasteiger partial charge on any atom is 0.406 e. The van der Waals surface area contributed by atoms with Crippen molar-refractivity contribution in [1.82, 2.24) is 4.90 Å². The molecule has 1 aliphatic rings. The van der Waals surface area contributed by atoms with Crippen molar-refractivity contribution >= 4 is 23.6 Å². The number of rotatable bonds is 5. The van der Waals surface area contributed by atoms with E-state index in [1.165, 1.54) is 11.8 Å². The summed E-state index contributed by atoms with van der Waals surface area (Å²) in [4.78, 5) is 25.2. The maximum atomic E-state index is 13.1. The SMILES string of the molecule is CC(C)c1ccc(SCC(=O)N2CCC(C(=O)O)(C(F)(F)F)C2)cc1. The van der Waals surface area contributed by atoms with E-state index in [1.54, 1.807) is 0 Å². The van der Waals surface area contributed by atoms with Crippen LogP contribution in [0.3, 0.4) is 0 Å². The van der Waals surface area contributed by atoms with Crippen LogP contribution >= 0.6 is 11.8 Å². The molecule has 0 saturated carbocycles. The van der Waals surface area contributed by atoms with Gasteiger partial charge in [-0.05, 0) is 30.0 Å². The molecule has 1 saturated heterocycles. The van der Waals surface area contributed by atoms with Gasteiger partial charge in [0.1, 0.15) is 0 Å². The Balaban J connectivity index is 1.97. The van der Waals surface area contributed by atoms with Crippen molar-refractivity contribution < 1.29 is 27.9 Å². The Morgan fingerprint density at radius 3 is 2.32 bits per heavy atom. The molecular formula is C17H20F3NO3S. The number of thioether (sulfide) groups is 1. The van der Waals surface area contributed by atoms with Crippen LogP contribution < -0.4 is 0 Å². The average molecular weight is 375 g/mol. The monoisotopic (exact) mass is 375 g/mol. The quantitative estimate of drug-likeness (QED) is 0.796. The lowest BCUT2D eigenvalue weighted by atomic mass is 9.86. The van der Waals surface area contributed by atoms with Gasteiger partial charge in [-0.2, -0.15) is 13.2 Å². The molecule has 1 aliphatic heterocycles. The zero-order chi connectivity index (χ0) is 18.8. The zero-order valence-electron chi connectivity index (χ0n) is 14.0. The molecule has 1 heterocycles. The van der Waals surface area contributed by atoms with Crippen LogP contribution in [-0.4, -0.2) is 46.9 Å². The Hall–Kier alpha value is -1.70.